The van der Waals surface area contributed by atoms with Crippen LogP contribution in [0.15, 0.2) is 30.9 Å². The van der Waals surface area contributed by atoms with E-state index in [0.717, 1.165) is 5.82 Å². The molecule has 3 N–H and O–H groups in total. The molecule has 0 saturated heterocycles. The van der Waals surface area contributed by atoms with E-state index in [0.29, 0.717) is 6.54 Å². The second kappa shape index (κ2) is 3.67. The van der Waals surface area contributed by atoms with E-state index in [4.69, 9.17) is 5.73 Å². The predicted molar refractivity (Wildman–Crippen MR) is 54.9 cm³/mol. The summed E-state index contributed by atoms with van der Waals surface area (Å²) < 4.78 is 2.00. The standard InChI is InChI=1S/C10H14N4/c1-14-5-4-13-10(14)9(6-11)8-2-3-12-7-8/h2-5,7,9,12H,6,11H2,1H3. The number of imidazole rings is 1. The Morgan fingerprint density at radius 2 is 2.50 bits per heavy atom. The lowest BCUT2D eigenvalue weighted by Gasteiger charge is -2.12. The highest BCUT2D eigenvalue weighted by molar-refractivity contribution is 5.23. The lowest BCUT2D eigenvalue weighted by molar-refractivity contribution is 0.699. The molecule has 0 fully saturated rings. The van der Waals surface area contributed by atoms with E-state index < -0.39 is 0 Å². The largest absolute Gasteiger partial charge is 0.367 e. The van der Waals surface area contributed by atoms with Gasteiger partial charge in [0.2, 0.25) is 0 Å². The quantitative estimate of drug-likeness (QED) is 0.753. The molecule has 0 aliphatic rings. The van der Waals surface area contributed by atoms with Crippen molar-refractivity contribution in [2.75, 3.05) is 6.54 Å². The molecule has 0 bridgehead atoms. The highest BCUT2D eigenvalue weighted by atomic mass is 15.0. The van der Waals surface area contributed by atoms with E-state index in [1.807, 2.05) is 36.3 Å². The predicted octanol–water partition coefficient (Wildman–Crippen LogP) is 0.839. The zero-order valence-electron chi connectivity index (χ0n) is 8.14. The Hall–Kier alpha value is -1.55. The zero-order chi connectivity index (χ0) is 9.97. The van der Waals surface area contributed by atoms with Crippen LogP contribution in [0.25, 0.3) is 0 Å². The van der Waals surface area contributed by atoms with Gasteiger partial charge in [0.25, 0.3) is 0 Å². The normalized spacial score (nSPS) is 13.0. The van der Waals surface area contributed by atoms with E-state index in [2.05, 4.69) is 9.97 Å². The summed E-state index contributed by atoms with van der Waals surface area (Å²) in [6.07, 6.45) is 7.60. The molecule has 0 radical (unpaired) electrons. The molecule has 2 rings (SSSR count). The molecule has 1 unspecified atom stereocenters. The van der Waals surface area contributed by atoms with Crippen LogP contribution in [0.5, 0.6) is 0 Å². The third-order valence-electron chi connectivity index (χ3n) is 2.43. The number of nitrogens with one attached hydrogen (secondary N) is 1. The van der Waals surface area contributed by atoms with Crippen molar-refractivity contribution in [1.82, 2.24) is 14.5 Å². The van der Waals surface area contributed by atoms with Crippen molar-refractivity contribution in [2.24, 2.45) is 12.8 Å². The monoisotopic (exact) mass is 190 g/mol. The van der Waals surface area contributed by atoms with E-state index in [1.165, 1.54) is 5.56 Å². The number of hydrogen-bond acceptors (Lipinski definition) is 2. The fraction of sp³-hybridized carbons (Fsp3) is 0.300. The molecule has 2 aromatic rings. The van der Waals surface area contributed by atoms with Gasteiger partial charge in [-0.2, -0.15) is 0 Å². The number of H-pyrrole nitrogens is 1. The van der Waals surface area contributed by atoms with Gasteiger partial charge in [-0.05, 0) is 11.6 Å². The second-order valence-corrected chi connectivity index (χ2v) is 3.33. The van der Waals surface area contributed by atoms with Gasteiger partial charge in [-0.3, -0.25) is 0 Å². The van der Waals surface area contributed by atoms with Crippen LogP contribution in [0.4, 0.5) is 0 Å². The first kappa shape index (κ1) is 9.02. The minimum atomic E-state index is 0.182. The molecule has 0 amide bonds. The van der Waals surface area contributed by atoms with Crippen molar-refractivity contribution in [2.45, 2.75) is 5.92 Å². The molecule has 0 saturated carbocycles. The number of aromatic amines is 1. The molecular formula is C10H14N4. The first-order valence-electron chi connectivity index (χ1n) is 4.63. The summed E-state index contributed by atoms with van der Waals surface area (Å²) in [7, 11) is 1.98. The Labute approximate surface area is 82.8 Å². The summed E-state index contributed by atoms with van der Waals surface area (Å²) in [6, 6.07) is 2.03. The molecule has 0 aromatic carbocycles. The molecule has 4 heteroatoms. The number of hydrogen-bond donors (Lipinski definition) is 2. The van der Waals surface area contributed by atoms with Crippen LogP contribution in [-0.4, -0.2) is 21.1 Å². The first-order chi connectivity index (χ1) is 6.83. The summed E-state index contributed by atoms with van der Waals surface area (Å²) in [5, 5.41) is 0. The third kappa shape index (κ3) is 1.44. The molecule has 0 spiro atoms. The lowest BCUT2D eigenvalue weighted by Crippen LogP contribution is -2.17. The Kier molecular flexibility index (Phi) is 2.37. The van der Waals surface area contributed by atoms with E-state index >= 15 is 0 Å². The van der Waals surface area contributed by atoms with Crippen LogP contribution in [-0.2, 0) is 7.05 Å². The summed E-state index contributed by atoms with van der Waals surface area (Å²) in [5.41, 5.74) is 6.94. The Morgan fingerprint density at radius 3 is 3.00 bits per heavy atom. The Balaban J connectivity index is 2.36. The van der Waals surface area contributed by atoms with Gasteiger partial charge in [-0.15, -0.1) is 0 Å². The molecule has 74 valence electrons. The Bertz CT molecular complexity index is 388. The minimum Gasteiger partial charge on any atom is -0.367 e. The highest BCUT2D eigenvalue weighted by Gasteiger charge is 2.16. The summed E-state index contributed by atoms with van der Waals surface area (Å²) >= 11 is 0. The molecule has 2 heterocycles. The van der Waals surface area contributed by atoms with Gasteiger partial charge in [0, 0.05) is 38.4 Å². The van der Waals surface area contributed by atoms with E-state index in [-0.39, 0.29) is 5.92 Å². The fourth-order valence-electron chi connectivity index (χ4n) is 1.66. The van der Waals surface area contributed by atoms with E-state index in [1.54, 1.807) is 6.20 Å². The summed E-state index contributed by atoms with van der Waals surface area (Å²) in [5.74, 6) is 1.19. The maximum Gasteiger partial charge on any atom is 0.117 e. The minimum absolute atomic E-state index is 0.182. The second-order valence-electron chi connectivity index (χ2n) is 3.33. The first-order valence-corrected chi connectivity index (χ1v) is 4.63. The van der Waals surface area contributed by atoms with Crippen molar-refractivity contribution in [3.63, 3.8) is 0 Å². The number of nitrogens with two attached hydrogens (primary N) is 1. The van der Waals surface area contributed by atoms with Crippen LogP contribution in [0.1, 0.15) is 17.3 Å². The molecule has 2 aromatic heterocycles. The number of aromatic nitrogens is 3. The molecule has 0 aliphatic carbocycles. The van der Waals surface area contributed by atoms with Crippen molar-refractivity contribution < 1.29 is 0 Å². The Morgan fingerprint density at radius 1 is 1.64 bits per heavy atom. The van der Waals surface area contributed by atoms with Crippen molar-refractivity contribution in [3.05, 3.63) is 42.2 Å². The van der Waals surface area contributed by atoms with Gasteiger partial charge in [0.15, 0.2) is 0 Å². The van der Waals surface area contributed by atoms with Gasteiger partial charge >= 0.3 is 0 Å². The highest BCUT2D eigenvalue weighted by Crippen LogP contribution is 2.20. The van der Waals surface area contributed by atoms with Gasteiger partial charge < -0.3 is 15.3 Å². The van der Waals surface area contributed by atoms with Crippen LogP contribution >= 0.6 is 0 Å². The SMILES string of the molecule is Cn1ccnc1C(CN)c1cc[nH]c1. The van der Waals surface area contributed by atoms with Crippen molar-refractivity contribution in [1.29, 1.82) is 0 Å². The fourth-order valence-corrected chi connectivity index (χ4v) is 1.66. The summed E-state index contributed by atoms with van der Waals surface area (Å²) in [4.78, 5) is 7.35. The molecule has 14 heavy (non-hydrogen) atoms. The topological polar surface area (TPSA) is 59.6 Å². The molecule has 1 atom stereocenters. The van der Waals surface area contributed by atoms with Gasteiger partial charge in [0.05, 0.1) is 5.92 Å². The van der Waals surface area contributed by atoms with Crippen LogP contribution in [0, 0.1) is 0 Å². The number of rotatable bonds is 3. The van der Waals surface area contributed by atoms with E-state index in [9.17, 15) is 0 Å². The smallest absolute Gasteiger partial charge is 0.117 e. The number of nitrogens with zero attached hydrogens (tertiary/aromatic N) is 2. The average Bonchev–Trinajstić information content (AvgIpc) is 2.80. The zero-order valence-corrected chi connectivity index (χ0v) is 8.14. The average molecular weight is 190 g/mol. The van der Waals surface area contributed by atoms with Crippen molar-refractivity contribution >= 4 is 0 Å². The van der Waals surface area contributed by atoms with Crippen LogP contribution in [0.2, 0.25) is 0 Å². The van der Waals surface area contributed by atoms with Crippen LogP contribution in [0.3, 0.4) is 0 Å². The molecular weight excluding hydrogens is 176 g/mol. The third-order valence-corrected chi connectivity index (χ3v) is 2.43. The molecule has 0 aliphatic heterocycles. The number of aryl methyl sites for hydroxylation is 1. The maximum atomic E-state index is 5.76. The van der Waals surface area contributed by atoms with Gasteiger partial charge in [-0.25, -0.2) is 4.98 Å². The van der Waals surface area contributed by atoms with Gasteiger partial charge in [-0.1, -0.05) is 0 Å². The molecule has 4 nitrogen and oxygen atoms in total. The lowest BCUT2D eigenvalue weighted by atomic mass is 10.0. The van der Waals surface area contributed by atoms with Crippen molar-refractivity contribution in [3.8, 4) is 0 Å². The summed E-state index contributed by atoms with van der Waals surface area (Å²) in [6.45, 7) is 0.572. The van der Waals surface area contributed by atoms with Gasteiger partial charge in [0.1, 0.15) is 5.82 Å². The van der Waals surface area contributed by atoms with Crippen LogP contribution < -0.4 is 5.73 Å². The maximum absolute atomic E-state index is 5.76.